The van der Waals surface area contributed by atoms with Gasteiger partial charge < -0.3 is 20.1 Å². The molecule has 0 aromatic rings. The van der Waals surface area contributed by atoms with Gasteiger partial charge in [0.2, 0.25) is 0 Å². The molecule has 4 nitrogen and oxygen atoms in total. The third-order valence-corrected chi connectivity index (χ3v) is 2.97. The van der Waals surface area contributed by atoms with Crippen LogP contribution in [0.1, 0.15) is 33.6 Å². The number of hydrogen-bond donors (Lipinski definition) is 2. The third kappa shape index (κ3) is 12.3. The van der Waals surface area contributed by atoms with E-state index in [1.807, 2.05) is 0 Å². The predicted molar refractivity (Wildman–Crippen MR) is 76.9 cm³/mol. The Hall–Kier alpha value is -0.160. The molecule has 0 aliphatic heterocycles. The molecule has 1 unspecified atom stereocenters. The summed E-state index contributed by atoms with van der Waals surface area (Å²) in [6, 6.07) is 0. The summed E-state index contributed by atoms with van der Waals surface area (Å²) in [5, 5.41) is 12.9. The van der Waals surface area contributed by atoms with Crippen molar-refractivity contribution in [2.75, 3.05) is 46.4 Å². The Balaban J connectivity index is 3.24. The maximum absolute atomic E-state index is 9.68. The van der Waals surface area contributed by atoms with Gasteiger partial charge in [-0.25, -0.2) is 0 Å². The summed E-state index contributed by atoms with van der Waals surface area (Å²) in [7, 11) is 2.09. The van der Waals surface area contributed by atoms with Crippen molar-refractivity contribution in [2.45, 2.75) is 39.7 Å². The molecule has 0 aliphatic rings. The van der Waals surface area contributed by atoms with Crippen LogP contribution in [0.5, 0.6) is 0 Å². The zero-order valence-corrected chi connectivity index (χ0v) is 12.6. The van der Waals surface area contributed by atoms with Crippen LogP contribution in [0.15, 0.2) is 0 Å². The highest BCUT2D eigenvalue weighted by Gasteiger charge is 2.04. The number of nitrogens with one attached hydrogen (secondary N) is 1. The Morgan fingerprint density at radius 1 is 1.33 bits per heavy atom. The Bertz CT molecular complexity index is 177. The monoisotopic (exact) mass is 260 g/mol. The number of aliphatic hydroxyl groups is 1. The molecular formula is C14H32N2O2. The molecule has 0 aromatic heterocycles. The number of hydrogen-bond acceptors (Lipinski definition) is 4. The van der Waals surface area contributed by atoms with Gasteiger partial charge >= 0.3 is 0 Å². The molecule has 0 amide bonds. The summed E-state index contributed by atoms with van der Waals surface area (Å²) >= 11 is 0. The highest BCUT2D eigenvalue weighted by molar-refractivity contribution is 4.60. The van der Waals surface area contributed by atoms with E-state index in [4.69, 9.17) is 4.74 Å². The second-order valence-corrected chi connectivity index (χ2v) is 5.36. The van der Waals surface area contributed by atoms with E-state index in [0.717, 1.165) is 38.6 Å². The Labute approximate surface area is 113 Å². The van der Waals surface area contributed by atoms with Gasteiger partial charge in [-0.05, 0) is 32.4 Å². The van der Waals surface area contributed by atoms with E-state index < -0.39 is 6.10 Å². The van der Waals surface area contributed by atoms with Crippen LogP contribution in [-0.2, 0) is 4.74 Å². The molecule has 0 fully saturated rings. The number of nitrogens with zero attached hydrogens (tertiary/aromatic N) is 1. The van der Waals surface area contributed by atoms with Gasteiger partial charge in [0.1, 0.15) is 0 Å². The van der Waals surface area contributed by atoms with Crippen molar-refractivity contribution in [3.05, 3.63) is 0 Å². The van der Waals surface area contributed by atoms with Crippen molar-refractivity contribution in [3.8, 4) is 0 Å². The highest BCUT2D eigenvalue weighted by atomic mass is 16.5. The van der Waals surface area contributed by atoms with Crippen molar-refractivity contribution < 1.29 is 9.84 Å². The van der Waals surface area contributed by atoms with Crippen LogP contribution in [0.4, 0.5) is 0 Å². The summed E-state index contributed by atoms with van der Waals surface area (Å²) in [6.07, 6.45) is 1.88. The molecule has 0 spiro atoms. The minimum Gasteiger partial charge on any atom is -0.389 e. The SMILES string of the molecule is CCN(C)CCNCC(O)COCCCC(C)C. The molecule has 2 N–H and O–H groups in total. The van der Waals surface area contributed by atoms with Crippen molar-refractivity contribution in [2.24, 2.45) is 5.92 Å². The van der Waals surface area contributed by atoms with E-state index in [0.29, 0.717) is 13.2 Å². The first kappa shape index (κ1) is 17.8. The number of rotatable bonds is 12. The second-order valence-electron chi connectivity index (χ2n) is 5.36. The lowest BCUT2D eigenvalue weighted by molar-refractivity contribution is 0.0347. The van der Waals surface area contributed by atoms with Crippen LogP contribution in [0, 0.1) is 5.92 Å². The molecule has 4 heteroatoms. The maximum atomic E-state index is 9.68. The van der Waals surface area contributed by atoms with Gasteiger partial charge in [0.05, 0.1) is 12.7 Å². The second kappa shape index (κ2) is 11.9. The molecule has 0 saturated heterocycles. The van der Waals surface area contributed by atoms with Crippen LogP contribution >= 0.6 is 0 Å². The third-order valence-electron chi connectivity index (χ3n) is 2.97. The molecule has 0 radical (unpaired) electrons. The fourth-order valence-electron chi connectivity index (χ4n) is 1.57. The number of aliphatic hydroxyl groups excluding tert-OH is 1. The Kier molecular flexibility index (Phi) is 11.8. The molecule has 0 saturated carbocycles. The van der Waals surface area contributed by atoms with E-state index in [2.05, 4.69) is 38.0 Å². The van der Waals surface area contributed by atoms with E-state index in [-0.39, 0.29) is 0 Å². The van der Waals surface area contributed by atoms with Crippen molar-refractivity contribution >= 4 is 0 Å². The van der Waals surface area contributed by atoms with Gasteiger partial charge in [-0.1, -0.05) is 20.8 Å². The minimum absolute atomic E-state index is 0.393. The van der Waals surface area contributed by atoms with E-state index in [1.54, 1.807) is 0 Å². The molecule has 18 heavy (non-hydrogen) atoms. The van der Waals surface area contributed by atoms with E-state index in [1.165, 1.54) is 6.42 Å². The summed E-state index contributed by atoms with van der Waals surface area (Å²) in [5.74, 6) is 0.732. The van der Waals surface area contributed by atoms with Crippen molar-refractivity contribution in [1.29, 1.82) is 0 Å². The first-order chi connectivity index (χ1) is 8.56. The molecule has 0 bridgehead atoms. The average Bonchev–Trinajstić information content (AvgIpc) is 2.33. The van der Waals surface area contributed by atoms with Gasteiger partial charge in [0, 0.05) is 26.2 Å². The zero-order valence-electron chi connectivity index (χ0n) is 12.6. The fraction of sp³-hybridized carbons (Fsp3) is 1.00. The zero-order chi connectivity index (χ0) is 13.8. The number of ether oxygens (including phenoxy) is 1. The molecule has 0 heterocycles. The Morgan fingerprint density at radius 2 is 2.06 bits per heavy atom. The lowest BCUT2D eigenvalue weighted by Gasteiger charge is -2.16. The molecule has 0 aromatic carbocycles. The summed E-state index contributed by atoms with van der Waals surface area (Å²) in [6.45, 7) is 11.4. The van der Waals surface area contributed by atoms with Crippen LogP contribution in [0.2, 0.25) is 0 Å². The quantitative estimate of drug-likeness (QED) is 0.520. The smallest absolute Gasteiger partial charge is 0.0897 e. The summed E-state index contributed by atoms with van der Waals surface area (Å²) in [4.78, 5) is 2.24. The van der Waals surface area contributed by atoms with Crippen LogP contribution in [0.25, 0.3) is 0 Å². The van der Waals surface area contributed by atoms with Gasteiger partial charge in [-0.15, -0.1) is 0 Å². The van der Waals surface area contributed by atoms with Gasteiger partial charge in [0.15, 0.2) is 0 Å². The summed E-state index contributed by atoms with van der Waals surface area (Å²) in [5.41, 5.74) is 0. The van der Waals surface area contributed by atoms with E-state index in [9.17, 15) is 5.11 Å². The molecular weight excluding hydrogens is 228 g/mol. The lowest BCUT2D eigenvalue weighted by Crippen LogP contribution is -2.35. The van der Waals surface area contributed by atoms with Crippen LogP contribution in [-0.4, -0.2) is 62.6 Å². The standard InChI is InChI=1S/C14H32N2O2/c1-5-16(4)9-8-15-11-14(17)12-18-10-6-7-13(2)3/h13-15,17H,5-12H2,1-4H3. The normalized spacial score (nSPS) is 13.5. The number of likely N-dealkylation sites (N-methyl/N-ethyl adjacent to an activating group) is 1. The maximum Gasteiger partial charge on any atom is 0.0897 e. The Morgan fingerprint density at radius 3 is 2.67 bits per heavy atom. The summed E-state index contributed by atoms with van der Waals surface area (Å²) < 4.78 is 5.44. The van der Waals surface area contributed by atoms with Crippen LogP contribution in [0.3, 0.4) is 0 Å². The highest BCUT2D eigenvalue weighted by Crippen LogP contribution is 2.03. The lowest BCUT2D eigenvalue weighted by atomic mass is 10.1. The minimum atomic E-state index is -0.393. The van der Waals surface area contributed by atoms with Crippen LogP contribution < -0.4 is 5.32 Å². The van der Waals surface area contributed by atoms with Gasteiger partial charge in [-0.3, -0.25) is 0 Å². The van der Waals surface area contributed by atoms with Crippen molar-refractivity contribution in [3.63, 3.8) is 0 Å². The molecule has 0 rings (SSSR count). The van der Waals surface area contributed by atoms with E-state index >= 15 is 0 Å². The van der Waals surface area contributed by atoms with Gasteiger partial charge in [0.25, 0.3) is 0 Å². The largest absolute Gasteiger partial charge is 0.389 e. The topological polar surface area (TPSA) is 44.7 Å². The molecule has 110 valence electrons. The molecule has 0 aliphatic carbocycles. The van der Waals surface area contributed by atoms with Crippen molar-refractivity contribution in [1.82, 2.24) is 10.2 Å². The van der Waals surface area contributed by atoms with Gasteiger partial charge in [-0.2, -0.15) is 0 Å². The molecule has 1 atom stereocenters. The first-order valence-electron chi connectivity index (χ1n) is 7.21. The predicted octanol–water partition coefficient (Wildman–Crippen LogP) is 1.34. The first-order valence-corrected chi connectivity index (χ1v) is 7.21. The fourth-order valence-corrected chi connectivity index (χ4v) is 1.57. The average molecular weight is 260 g/mol.